The zero-order valence-electron chi connectivity index (χ0n) is 9.25. The number of primary amides is 1. The molecule has 2 rings (SSSR count). The molecule has 0 aliphatic carbocycles. The van der Waals surface area contributed by atoms with Crippen LogP contribution in [0.4, 0.5) is 5.69 Å². The predicted molar refractivity (Wildman–Crippen MR) is 63.0 cm³/mol. The Morgan fingerprint density at radius 1 is 1.47 bits per heavy atom. The number of amides is 1. The Morgan fingerprint density at radius 2 is 2.24 bits per heavy atom. The zero-order valence-corrected chi connectivity index (χ0v) is 9.25. The average molecular weight is 232 g/mol. The Kier molecular flexibility index (Phi) is 2.70. The summed E-state index contributed by atoms with van der Waals surface area (Å²) in [5.41, 5.74) is 12.5. The van der Waals surface area contributed by atoms with Crippen LogP contribution in [0.15, 0.2) is 30.6 Å². The van der Waals surface area contributed by atoms with Crippen LogP contribution in [0.1, 0.15) is 10.4 Å². The largest absolute Gasteiger partial charge is 0.497 e. The molecule has 2 aromatic rings. The molecule has 0 spiro atoms. The van der Waals surface area contributed by atoms with Crippen LogP contribution in [0.25, 0.3) is 5.69 Å². The normalized spacial score (nSPS) is 10.2. The molecule has 88 valence electrons. The molecule has 1 heterocycles. The van der Waals surface area contributed by atoms with Gasteiger partial charge in [0, 0.05) is 12.3 Å². The molecule has 0 saturated carbocycles. The van der Waals surface area contributed by atoms with Crippen molar-refractivity contribution in [2.24, 2.45) is 5.73 Å². The van der Waals surface area contributed by atoms with E-state index < -0.39 is 5.91 Å². The Labute approximate surface area is 97.8 Å². The minimum Gasteiger partial charge on any atom is -0.497 e. The molecule has 4 N–H and O–H groups in total. The number of ether oxygens (including phenoxy) is 1. The van der Waals surface area contributed by atoms with Crippen molar-refractivity contribution in [3.8, 4) is 11.4 Å². The van der Waals surface area contributed by atoms with Crippen molar-refractivity contribution in [1.29, 1.82) is 0 Å². The molecule has 0 fully saturated rings. The van der Waals surface area contributed by atoms with Gasteiger partial charge in [-0.3, -0.25) is 4.79 Å². The summed E-state index contributed by atoms with van der Waals surface area (Å²) in [5, 5.41) is 4.02. The van der Waals surface area contributed by atoms with Gasteiger partial charge in [-0.15, -0.1) is 0 Å². The van der Waals surface area contributed by atoms with Gasteiger partial charge in [0.15, 0.2) is 0 Å². The molecule has 0 radical (unpaired) electrons. The molecule has 17 heavy (non-hydrogen) atoms. The lowest BCUT2D eigenvalue weighted by Gasteiger charge is -2.07. The second-order valence-corrected chi connectivity index (χ2v) is 3.46. The van der Waals surface area contributed by atoms with Crippen molar-refractivity contribution in [3.63, 3.8) is 0 Å². The van der Waals surface area contributed by atoms with Crippen molar-refractivity contribution in [3.05, 3.63) is 36.2 Å². The van der Waals surface area contributed by atoms with E-state index in [0.29, 0.717) is 22.7 Å². The minimum absolute atomic E-state index is 0.326. The summed E-state index contributed by atoms with van der Waals surface area (Å²) in [7, 11) is 1.56. The van der Waals surface area contributed by atoms with Gasteiger partial charge < -0.3 is 16.2 Å². The number of carbonyl (C=O) groups is 1. The number of aromatic nitrogens is 2. The lowest BCUT2D eigenvalue weighted by Crippen LogP contribution is -2.09. The fourth-order valence-electron chi connectivity index (χ4n) is 1.43. The number of hydrogen-bond donors (Lipinski definition) is 2. The van der Waals surface area contributed by atoms with Crippen molar-refractivity contribution in [2.45, 2.75) is 0 Å². The van der Waals surface area contributed by atoms with Gasteiger partial charge in [-0.1, -0.05) is 0 Å². The second-order valence-electron chi connectivity index (χ2n) is 3.46. The average Bonchev–Trinajstić information content (AvgIpc) is 2.79. The van der Waals surface area contributed by atoms with Crippen LogP contribution in [-0.2, 0) is 0 Å². The number of nitrogen functional groups attached to an aromatic ring is 1. The number of rotatable bonds is 3. The molecule has 1 aromatic carbocycles. The number of nitrogens with two attached hydrogens (primary N) is 2. The Morgan fingerprint density at radius 3 is 2.82 bits per heavy atom. The lowest BCUT2D eigenvalue weighted by molar-refractivity contribution is 0.100. The summed E-state index contributed by atoms with van der Waals surface area (Å²) in [5.74, 6) is 0.128. The molecule has 0 unspecified atom stereocenters. The standard InChI is InChI=1S/C11H12N4O2/c1-17-8-2-3-9(12)10(4-8)15-6-7(5-14-15)11(13)16/h2-6H,12H2,1H3,(H2,13,16). The van der Waals surface area contributed by atoms with Crippen LogP contribution >= 0.6 is 0 Å². The molecule has 6 nitrogen and oxygen atoms in total. The van der Waals surface area contributed by atoms with Crippen molar-refractivity contribution in [2.75, 3.05) is 12.8 Å². The molecular formula is C11H12N4O2. The Balaban J connectivity index is 2.47. The van der Waals surface area contributed by atoms with Crippen LogP contribution in [0.3, 0.4) is 0 Å². The third kappa shape index (κ3) is 2.05. The van der Waals surface area contributed by atoms with E-state index in [2.05, 4.69) is 5.10 Å². The zero-order chi connectivity index (χ0) is 12.4. The third-order valence-corrected chi connectivity index (χ3v) is 2.35. The number of carbonyl (C=O) groups excluding carboxylic acids is 1. The van der Waals surface area contributed by atoms with E-state index in [9.17, 15) is 4.79 Å². The maximum absolute atomic E-state index is 11.0. The topological polar surface area (TPSA) is 96.2 Å². The summed E-state index contributed by atoms with van der Waals surface area (Å²) >= 11 is 0. The van der Waals surface area contributed by atoms with Gasteiger partial charge in [-0.25, -0.2) is 4.68 Å². The summed E-state index contributed by atoms with van der Waals surface area (Å²) in [6, 6.07) is 5.18. The van der Waals surface area contributed by atoms with E-state index >= 15 is 0 Å². The highest BCUT2D eigenvalue weighted by Gasteiger charge is 2.08. The number of hydrogen-bond acceptors (Lipinski definition) is 4. The van der Waals surface area contributed by atoms with Gasteiger partial charge in [-0.2, -0.15) is 5.10 Å². The summed E-state index contributed by atoms with van der Waals surface area (Å²) < 4.78 is 6.58. The van der Waals surface area contributed by atoms with Crippen molar-refractivity contribution in [1.82, 2.24) is 9.78 Å². The molecule has 0 atom stereocenters. The first kappa shape index (κ1) is 11.0. The first-order valence-corrected chi connectivity index (χ1v) is 4.90. The summed E-state index contributed by atoms with van der Waals surface area (Å²) in [6.45, 7) is 0. The third-order valence-electron chi connectivity index (χ3n) is 2.35. The van der Waals surface area contributed by atoms with E-state index in [4.69, 9.17) is 16.2 Å². The predicted octanol–water partition coefficient (Wildman–Crippen LogP) is 0.562. The monoisotopic (exact) mass is 232 g/mol. The fraction of sp³-hybridized carbons (Fsp3) is 0.0909. The Bertz CT molecular complexity index is 562. The molecule has 1 aromatic heterocycles. The summed E-state index contributed by atoms with van der Waals surface area (Å²) in [4.78, 5) is 11.0. The SMILES string of the molecule is COc1ccc(N)c(-n2cc(C(N)=O)cn2)c1. The molecule has 0 bridgehead atoms. The van der Waals surface area contributed by atoms with Crippen LogP contribution in [0, 0.1) is 0 Å². The van der Waals surface area contributed by atoms with E-state index in [0.717, 1.165) is 0 Å². The van der Waals surface area contributed by atoms with E-state index in [1.807, 2.05) is 0 Å². The van der Waals surface area contributed by atoms with Crippen LogP contribution in [-0.4, -0.2) is 22.8 Å². The maximum atomic E-state index is 11.0. The minimum atomic E-state index is -0.530. The molecule has 0 saturated heterocycles. The number of methoxy groups -OCH3 is 1. The van der Waals surface area contributed by atoms with Crippen molar-refractivity contribution >= 4 is 11.6 Å². The van der Waals surface area contributed by atoms with E-state index in [-0.39, 0.29) is 0 Å². The highest BCUT2D eigenvalue weighted by atomic mass is 16.5. The summed E-state index contributed by atoms with van der Waals surface area (Å²) in [6.07, 6.45) is 2.91. The fourth-order valence-corrected chi connectivity index (χ4v) is 1.43. The van der Waals surface area contributed by atoms with Gasteiger partial charge in [0.1, 0.15) is 5.75 Å². The number of anilines is 1. The first-order chi connectivity index (χ1) is 8.11. The van der Waals surface area contributed by atoms with Gasteiger partial charge in [0.25, 0.3) is 5.91 Å². The molecule has 0 aliphatic rings. The maximum Gasteiger partial charge on any atom is 0.251 e. The van der Waals surface area contributed by atoms with Gasteiger partial charge in [0.2, 0.25) is 0 Å². The molecule has 0 aliphatic heterocycles. The molecule has 1 amide bonds. The van der Waals surface area contributed by atoms with Crippen LogP contribution in [0.2, 0.25) is 0 Å². The lowest BCUT2D eigenvalue weighted by atomic mass is 10.2. The first-order valence-electron chi connectivity index (χ1n) is 4.90. The smallest absolute Gasteiger partial charge is 0.251 e. The van der Waals surface area contributed by atoms with E-state index in [1.165, 1.54) is 17.1 Å². The van der Waals surface area contributed by atoms with Crippen LogP contribution < -0.4 is 16.2 Å². The molecular weight excluding hydrogens is 220 g/mol. The van der Waals surface area contributed by atoms with Crippen LogP contribution in [0.5, 0.6) is 5.75 Å². The number of benzene rings is 1. The number of nitrogens with zero attached hydrogens (tertiary/aromatic N) is 2. The van der Waals surface area contributed by atoms with Gasteiger partial charge in [0.05, 0.1) is 30.2 Å². The molecule has 6 heteroatoms. The quantitative estimate of drug-likeness (QED) is 0.756. The van der Waals surface area contributed by atoms with Gasteiger partial charge in [-0.05, 0) is 12.1 Å². The van der Waals surface area contributed by atoms with E-state index in [1.54, 1.807) is 25.3 Å². The van der Waals surface area contributed by atoms with Crippen molar-refractivity contribution < 1.29 is 9.53 Å². The highest BCUT2D eigenvalue weighted by Crippen LogP contribution is 2.22. The van der Waals surface area contributed by atoms with Gasteiger partial charge >= 0.3 is 0 Å². The second kappa shape index (κ2) is 4.17. The highest BCUT2D eigenvalue weighted by molar-refractivity contribution is 5.92. The Hall–Kier alpha value is -2.50.